The fourth-order valence-electron chi connectivity index (χ4n) is 3.84. The van der Waals surface area contributed by atoms with Crippen LogP contribution in [0.25, 0.3) is 0 Å². The van der Waals surface area contributed by atoms with E-state index in [1.807, 2.05) is 0 Å². The predicted molar refractivity (Wildman–Crippen MR) is 160 cm³/mol. The number of aromatic hydroxyl groups is 2. The lowest BCUT2D eigenvalue weighted by Gasteiger charge is -2.10. The lowest BCUT2D eigenvalue weighted by atomic mass is 10.1. The fourth-order valence-corrected chi connectivity index (χ4v) is 3.84. The number of aliphatic imine (C=N–C) groups is 2. The van der Waals surface area contributed by atoms with Crippen molar-refractivity contribution in [3.63, 3.8) is 0 Å². The standard InChI is InChI=1S/C34H24N2O6/c37-31-11-5-3-9-29(31)35-21-23-13-17-25(18-14-23)41-33(39)27-7-1-2-8-28(27)34(40)42-26-19-15-24(16-20-26)22-36-30-10-4-6-12-32(30)38/h1-22,37-38H. The monoisotopic (exact) mass is 556 g/mol. The van der Waals surface area contributed by atoms with Gasteiger partial charge in [-0.15, -0.1) is 0 Å². The van der Waals surface area contributed by atoms with Gasteiger partial charge < -0.3 is 19.7 Å². The second-order valence-electron chi connectivity index (χ2n) is 8.96. The van der Waals surface area contributed by atoms with E-state index in [1.54, 1.807) is 122 Å². The summed E-state index contributed by atoms with van der Waals surface area (Å²) in [5, 5.41) is 19.7. The number of ether oxygens (including phenoxy) is 2. The van der Waals surface area contributed by atoms with Gasteiger partial charge in [-0.3, -0.25) is 9.98 Å². The molecule has 5 aromatic rings. The molecular weight excluding hydrogens is 532 g/mol. The van der Waals surface area contributed by atoms with Crippen molar-refractivity contribution in [3.05, 3.63) is 144 Å². The first-order chi connectivity index (χ1) is 20.5. The molecule has 0 saturated carbocycles. The SMILES string of the molecule is O=C(Oc1ccc(C=Nc2ccccc2O)cc1)c1ccccc1C(=O)Oc1ccc(C=Nc2ccccc2O)cc1. The Bertz CT molecular complexity index is 1650. The molecule has 0 aromatic heterocycles. The Kier molecular flexibility index (Phi) is 8.45. The molecule has 2 N–H and O–H groups in total. The van der Waals surface area contributed by atoms with E-state index in [9.17, 15) is 19.8 Å². The van der Waals surface area contributed by atoms with Crippen LogP contribution in [-0.4, -0.2) is 34.6 Å². The quantitative estimate of drug-likeness (QED) is 0.120. The molecule has 0 unspecified atom stereocenters. The van der Waals surface area contributed by atoms with E-state index < -0.39 is 11.9 Å². The molecule has 5 rings (SSSR count). The summed E-state index contributed by atoms with van der Waals surface area (Å²) in [6, 6.07) is 33.0. The van der Waals surface area contributed by atoms with Crippen LogP contribution in [0.5, 0.6) is 23.0 Å². The number of carbonyl (C=O) groups is 2. The molecule has 0 saturated heterocycles. The lowest BCUT2D eigenvalue weighted by molar-refractivity contribution is 0.0692. The molecule has 0 fully saturated rings. The van der Waals surface area contributed by atoms with Crippen LogP contribution in [0.2, 0.25) is 0 Å². The zero-order valence-electron chi connectivity index (χ0n) is 22.1. The topological polar surface area (TPSA) is 118 Å². The number of hydrogen-bond donors (Lipinski definition) is 2. The summed E-state index contributed by atoms with van der Waals surface area (Å²) in [6.45, 7) is 0. The third-order valence-corrected chi connectivity index (χ3v) is 6.02. The zero-order chi connectivity index (χ0) is 29.3. The number of hydrogen-bond acceptors (Lipinski definition) is 8. The van der Waals surface area contributed by atoms with Crippen molar-refractivity contribution in [1.82, 2.24) is 0 Å². The summed E-state index contributed by atoms with van der Waals surface area (Å²) in [6.07, 6.45) is 3.17. The highest BCUT2D eigenvalue weighted by Gasteiger charge is 2.20. The molecule has 0 aliphatic heterocycles. The van der Waals surface area contributed by atoms with Gasteiger partial charge in [-0.05, 0) is 96.1 Å². The van der Waals surface area contributed by atoms with Crippen LogP contribution < -0.4 is 9.47 Å². The summed E-state index contributed by atoms with van der Waals surface area (Å²) >= 11 is 0. The summed E-state index contributed by atoms with van der Waals surface area (Å²) in [7, 11) is 0. The van der Waals surface area contributed by atoms with Crippen molar-refractivity contribution in [2.24, 2.45) is 9.98 Å². The first kappa shape index (κ1) is 27.5. The average Bonchev–Trinajstić information content (AvgIpc) is 3.01. The Balaban J connectivity index is 1.22. The molecule has 42 heavy (non-hydrogen) atoms. The Hall–Kier alpha value is -6.02. The predicted octanol–water partition coefficient (Wildman–Crippen LogP) is 7.04. The fraction of sp³-hybridized carbons (Fsp3) is 0. The van der Waals surface area contributed by atoms with Crippen LogP contribution in [0, 0.1) is 0 Å². The van der Waals surface area contributed by atoms with Crippen molar-refractivity contribution in [2.45, 2.75) is 0 Å². The molecule has 0 spiro atoms. The number of phenols is 2. The number of para-hydroxylation sites is 4. The number of carbonyl (C=O) groups excluding carboxylic acids is 2. The van der Waals surface area contributed by atoms with E-state index in [-0.39, 0.29) is 34.1 Å². The van der Waals surface area contributed by atoms with Gasteiger partial charge in [0.15, 0.2) is 0 Å². The Labute approximate surface area is 241 Å². The second kappa shape index (κ2) is 12.9. The molecule has 8 nitrogen and oxygen atoms in total. The maximum Gasteiger partial charge on any atom is 0.344 e. The molecule has 0 bridgehead atoms. The highest BCUT2D eigenvalue weighted by Crippen LogP contribution is 2.26. The Morgan fingerprint density at radius 1 is 0.500 bits per heavy atom. The van der Waals surface area contributed by atoms with Crippen LogP contribution in [-0.2, 0) is 0 Å². The van der Waals surface area contributed by atoms with Crippen LogP contribution in [0.15, 0.2) is 131 Å². The maximum absolute atomic E-state index is 13.0. The van der Waals surface area contributed by atoms with Crippen molar-refractivity contribution < 1.29 is 29.3 Å². The number of esters is 2. The van der Waals surface area contributed by atoms with Crippen molar-refractivity contribution in [2.75, 3.05) is 0 Å². The third-order valence-electron chi connectivity index (χ3n) is 6.02. The molecule has 8 heteroatoms. The van der Waals surface area contributed by atoms with Gasteiger partial charge in [0.25, 0.3) is 0 Å². The van der Waals surface area contributed by atoms with Gasteiger partial charge in [-0.2, -0.15) is 0 Å². The van der Waals surface area contributed by atoms with Crippen molar-refractivity contribution in [1.29, 1.82) is 0 Å². The summed E-state index contributed by atoms with van der Waals surface area (Å²) in [5.74, 6) is -0.719. The average molecular weight is 557 g/mol. The number of phenolic OH excluding ortho intramolecular Hbond substituents is 2. The van der Waals surface area contributed by atoms with E-state index in [0.717, 1.165) is 11.1 Å². The van der Waals surface area contributed by atoms with Gasteiger partial charge in [0, 0.05) is 12.4 Å². The minimum atomic E-state index is -0.714. The number of nitrogens with zero attached hydrogens (tertiary/aromatic N) is 2. The van der Waals surface area contributed by atoms with Gasteiger partial charge >= 0.3 is 11.9 Å². The molecule has 0 aliphatic rings. The second-order valence-corrected chi connectivity index (χ2v) is 8.96. The Morgan fingerprint density at radius 3 is 1.24 bits per heavy atom. The van der Waals surface area contributed by atoms with E-state index in [2.05, 4.69) is 9.98 Å². The van der Waals surface area contributed by atoms with Gasteiger partial charge in [0.2, 0.25) is 0 Å². The van der Waals surface area contributed by atoms with E-state index in [4.69, 9.17) is 9.47 Å². The molecule has 206 valence electrons. The molecule has 0 atom stereocenters. The van der Waals surface area contributed by atoms with E-state index in [1.165, 1.54) is 12.1 Å². The zero-order valence-corrected chi connectivity index (χ0v) is 22.1. The molecule has 0 radical (unpaired) electrons. The van der Waals surface area contributed by atoms with Crippen molar-refractivity contribution >= 4 is 35.7 Å². The minimum absolute atomic E-state index is 0.0547. The number of benzene rings is 5. The smallest absolute Gasteiger partial charge is 0.344 e. The highest BCUT2D eigenvalue weighted by atomic mass is 16.5. The third kappa shape index (κ3) is 6.94. The summed E-state index contributed by atoms with van der Waals surface area (Å²) < 4.78 is 11.0. The van der Waals surface area contributed by atoms with E-state index >= 15 is 0 Å². The first-order valence-electron chi connectivity index (χ1n) is 12.8. The van der Waals surface area contributed by atoms with Crippen LogP contribution in [0.4, 0.5) is 11.4 Å². The minimum Gasteiger partial charge on any atom is -0.506 e. The molecule has 5 aromatic carbocycles. The maximum atomic E-state index is 13.0. The van der Waals surface area contributed by atoms with Crippen LogP contribution in [0.1, 0.15) is 31.8 Å². The van der Waals surface area contributed by atoms with Gasteiger partial charge in [-0.25, -0.2) is 9.59 Å². The van der Waals surface area contributed by atoms with Gasteiger partial charge in [-0.1, -0.05) is 36.4 Å². The van der Waals surface area contributed by atoms with Gasteiger partial charge in [0.05, 0.1) is 11.1 Å². The first-order valence-corrected chi connectivity index (χ1v) is 12.8. The van der Waals surface area contributed by atoms with E-state index in [0.29, 0.717) is 11.4 Å². The Morgan fingerprint density at radius 2 is 0.857 bits per heavy atom. The summed E-state index contributed by atoms with van der Waals surface area (Å²) in [5.41, 5.74) is 2.45. The molecule has 0 amide bonds. The lowest BCUT2D eigenvalue weighted by Crippen LogP contribution is -2.17. The molecule has 0 aliphatic carbocycles. The number of rotatable bonds is 8. The molecule has 0 heterocycles. The largest absolute Gasteiger partial charge is 0.506 e. The van der Waals surface area contributed by atoms with Crippen LogP contribution >= 0.6 is 0 Å². The summed E-state index contributed by atoms with van der Waals surface area (Å²) in [4.78, 5) is 34.5. The highest BCUT2D eigenvalue weighted by molar-refractivity contribution is 6.04. The molecular formula is C34H24N2O6. The van der Waals surface area contributed by atoms with Crippen LogP contribution in [0.3, 0.4) is 0 Å². The normalized spacial score (nSPS) is 11.0. The van der Waals surface area contributed by atoms with Crippen molar-refractivity contribution in [3.8, 4) is 23.0 Å². The van der Waals surface area contributed by atoms with Gasteiger partial charge in [0.1, 0.15) is 34.4 Å².